The first kappa shape index (κ1) is 19.9. The van der Waals surface area contributed by atoms with Crippen molar-refractivity contribution < 1.29 is 37.7 Å². The molecule has 2 unspecified atom stereocenters. The van der Waals surface area contributed by atoms with Crippen molar-refractivity contribution in [2.75, 3.05) is 39.4 Å². The van der Waals surface area contributed by atoms with E-state index in [4.69, 9.17) is 14.6 Å². The van der Waals surface area contributed by atoms with Crippen LogP contribution in [0.15, 0.2) is 0 Å². The normalized spacial score (nSPS) is 26.6. The number of nitrogens with zero attached hydrogens (tertiary/aromatic N) is 2. The molecule has 25 heavy (non-hydrogen) atoms. The summed E-state index contributed by atoms with van der Waals surface area (Å²) in [5.74, 6) is -2.98. The van der Waals surface area contributed by atoms with Crippen molar-refractivity contribution in [1.82, 2.24) is 9.80 Å². The van der Waals surface area contributed by atoms with E-state index < -0.39 is 18.1 Å². The van der Waals surface area contributed by atoms with Gasteiger partial charge in [0.1, 0.15) is 6.04 Å². The number of aliphatic carboxylic acids is 2. The zero-order valence-electron chi connectivity index (χ0n) is 13.7. The zero-order valence-corrected chi connectivity index (χ0v) is 13.7. The Bertz CT molecular complexity index is 470. The SMILES string of the molecule is O=C(O)C(C1CC1)N1CCN(C2CCOC2)CC1.O=C(O)C(F)(F)F. The zero-order chi connectivity index (χ0) is 18.6. The van der Waals surface area contributed by atoms with Crippen LogP contribution < -0.4 is 0 Å². The number of carboxylic acids is 2. The number of hydrogen-bond donors (Lipinski definition) is 2. The summed E-state index contributed by atoms with van der Waals surface area (Å²) in [7, 11) is 0. The van der Waals surface area contributed by atoms with Crippen LogP contribution in [0.25, 0.3) is 0 Å². The number of halogens is 3. The maximum absolute atomic E-state index is 11.3. The lowest BCUT2D eigenvalue weighted by Crippen LogP contribution is -2.55. The highest BCUT2D eigenvalue weighted by Gasteiger charge is 2.41. The standard InChI is InChI=1S/C13H22N2O3.C2HF3O2/c16-13(17)12(10-1-2-10)15-6-4-14(5-7-15)11-3-8-18-9-11;3-2(4,5)1(6)7/h10-12H,1-9H2,(H,16,17);(H,6,7). The predicted molar refractivity (Wildman–Crippen MR) is 80.2 cm³/mol. The van der Waals surface area contributed by atoms with Crippen molar-refractivity contribution in [1.29, 1.82) is 0 Å². The maximum atomic E-state index is 11.3. The molecule has 2 aliphatic heterocycles. The molecule has 0 aromatic heterocycles. The van der Waals surface area contributed by atoms with Gasteiger partial charge in [-0.05, 0) is 25.2 Å². The molecule has 2 saturated heterocycles. The predicted octanol–water partition coefficient (Wildman–Crippen LogP) is 0.889. The summed E-state index contributed by atoms with van der Waals surface area (Å²) < 4.78 is 37.2. The molecule has 144 valence electrons. The number of rotatable bonds is 4. The molecule has 0 amide bonds. The lowest BCUT2D eigenvalue weighted by Gasteiger charge is -2.40. The number of piperazine rings is 1. The fourth-order valence-corrected chi connectivity index (χ4v) is 3.26. The van der Waals surface area contributed by atoms with E-state index >= 15 is 0 Å². The molecule has 7 nitrogen and oxygen atoms in total. The minimum absolute atomic E-state index is 0.230. The minimum atomic E-state index is -5.08. The van der Waals surface area contributed by atoms with Gasteiger partial charge in [-0.1, -0.05) is 0 Å². The smallest absolute Gasteiger partial charge is 0.480 e. The first-order valence-corrected chi connectivity index (χ1v) is 8.29. The number of ether oxygens (including phenoxy) is 1. The van der Waals surface area contributed by atoms with Crippen molar-refractivity contribution in [3.8, 4) is 0 Å². The second-order valence-electron chi connectivity index (χ2n) is 6.51. The summed E-state index contributed by atoms with van der Waals surface area (Å²) in [4.78, 5) is 24.9. The fourth-order valence-electron chi connectivity index (χ4n) is 3.26. The van der Waals surface area contributed by atoms with Gasteiger partial charge in [-0.25, -0.2) is 4.79 Å². The molecular weight excluding hydrogens is 345 g/mol. The molecule has 0 bridgehead atoms. The Morgan fingerprint density at radius 2 is 1.60 bits per heavy atom. The Kier molecular flexibility index (Phi) is 6.64. The van der Waals surface area contributed by atoms with E-state index in [0.717, 1.165) is 58.7 Å². The fraction of sp³-hybridized carbons (Fsp3) is 0.867. The quantitative estimate of drug-likeness (QED) is 0.762. The molecule has 10 heteroatoms. The summed E-state index contributed by atoms with van der Waals surface area (Å²) in [6.45, 7) is 5.50. The Labute approximate surface area is 143 Å². The van der Waals surface area contributed by atoms with Gasteiger partial charge in [-0.15, -0.1) is 0 Å². The van der Waals surface area contributed by atoms with Gasteiger partial charge in [-0.2, -0.15) is 13.2 Å². The van der Waals surface area contributed by atoms with Gasteiger partial charge in [0.05, 0.1) is 6.61 Å². The molecule has 3 rings (SSSR count). The van der Waals surface area contributed by atoms with Gasteiger partial charge in [0.25, 0.3) is 0 Å². The van der Waals surface area contributed by atoms with Crippen LogP contribution in [-0.4, -0.2) is 89.6 Å². The molecular formula is C15H23F3N2O5. The van der Waals surface area contributed by atoms with Crippen LogP contribution in [0.5, 0.6) is 0 Å². The van der Waals surface area contributed by atoms with E-state index in [0.29, 0.717) is 12.0 Å². The topological polar surface area (TPSA) is 90.3 Å². The van der Waals surface area contributed by atoms with Crippen LogP contribution in [0.2, 0.25) is 0 Å². The Balaban J connectivity index is 0.000000277. The minimum Gasteiger partial charge on any atom is -0.480 e. The first-order chi connectivity index (χ1) is 11.7. The average molecular weight is 368 g/mol. The van der Waals surface area contributed by atoms with Crippen LogP contribution in [0, 0.1) is 5.92 Å². The summed E-state index contributed by atoms with van der Waals surface area (Å²) in [5, 5.41) is 16.5. The van der Waals surface area contributed by atoms with Crippen LogP contribution in [0.3, 0.4) is 0 Å². The molecule has 1 saturated carbocycles. The summed E-state index contributed by atoms with van der Waals surface area (Å²) in [6.07, 6.45) is -1.77. The highest BCUT2D eigenvalue weighted by atomic mass is 19.4. The van der Waals surface area contributed by atoms with E-state index in [1.54, 1.807) is 0 Å². The molecule has 0 radical (unpaired) electrons. The largest absolute Gasteiger partial charge is 0.490 e. The van der Waals surface area contributed by atoms with Crippen molar-refractivity contribution in [2.24, 2.45) is 5.92 Å². The number of hydrogen-bond acceptors (Lipinski definition) is 5. The van der Waals surface area contributed by atoms with E-state index in [9.17, 15) is 23.1 Å². The lowest BCUT2D eigenvalue weighted by molar-refractivity contribution is -0.192. The van der Waals surface area contributed by atoms with Crippen molar-refractivity contribution in [3.05, 3.63) is 0 Å². The maximum Gasteiger partial charge on any atom is 0.490 e. The van der Waals surface area contributed by atoms with E-state index in [2.05, 4.69) is 9.80 Å². The first-order valence-electron chi connectivity index (χ1n) is 8.29. The Hall–Kier alpha value is -1.39. The molecule has 2 atom stereocenters. The third-order valence-corrected chi connectivity index (χ3v) is 4.73. The van der Waals surface area contributed by atoms with E-state index in [-0.39, 0.29) is 6.04 Å². The third kappa shape index (κ3) is 5.82. The summed E-state index contributed by atoms with van der Waals surface area (Å²) in [6, 6.07) is 0.336. The van der Waals surface area contributed by atoms with Crippen LogP contribution in [0.4, 0.5) is 13.2 Å². The number of alkyl halides is 3. The summed E-state index contributed by atoms with van der Waals surface area (Å²) >= 11 is 0. The molecule has 2 N–H and O–H groups in total. The second-order valence-corrected chi connectivity index (χ2v) is 6.51. The van der Waals surface area contributed by atoms with Gasteiger partial charge in [-0.3, -0.25) is 14.6 Å². The Morgan fingerprint density at radius 3 is 1.96 bits per heavy atom. The number of carboxylic acid groups (broad SMARTS) is 2. The van der Waals surface area contributed by atoms with Gasteiger partial charge in [0.15, 0.2) is 0 Å². The highest BCUT2D eigenvalue weighted by molar-refractivity contribution is 5.74. The Morgan fingerprint density at radius 1 is 1.04 bits per heavy atom. The van der Waals surface area contributed by atoms with Crippen LogP contribution in [0.1, 0.15) is 19.3 Å². The van der Waals surface area contributed by atoms with Gasteiger partial charge in [0.2, 0.25) is 0 Å². The summed E-state index contributed by atoms with van der Waals surface area (Å²) in [5.41, 5.74) is 0. The van der Waals surface area contributed by atoms with Crippen molar-refractivity contribution in [3.63, 3.8) is 0 Å². The van der Waals surface area contributed by atoms with E-state index in [1.807, 2.05) is 0 Å². The lowest BCUT2D eigenvalue weighted by atomic mass is 10.1. The average Bonchev–Trinajstić information content (AvgIpc) is 3.20. The molecule has 0 aromatic rings. The third-order valence-electron chi connectivity index (χ3n) is 4.73. The van der Waals surface area contributed by atoms with Gasteiger partial charge < -0.3 is 14.9 Å². The molecule has 2 heterocycles. The van der Waals surface area contributed by atoms with Gasteiger partial charge >= 0.3 is 18.1 Å². The van der Waals surface area contributed by atoms with E-state index in [1.165, 1.54) is 0 Å². The molecule has 1 aliphatic carbocycles. The second kappa shape index (κ2) is 8.33. The van der Waals surface area contributed by atoms with Crippen molar-refractivity contribution in [2.45, 2.75) is 37.5 Å². The monoisotopic (exact) mass is 368 g/mol. The molecule has 0 aromatic carbocycles. The molecule has 0 spiro atoms. The van der Waals surface area contributed by atoms with Crippen LogP contribution in [-0.2, 0) is 14.3 Å². The molecule has 3 aliphatic rings. The van der Waals surface area contributed by atoms with Gasteiger partial charge in [0, 0.05) is 38.8 Å². The van der Waals surface area contributed by atoms with Crippen molar-refractivity contribution >= 4 is 11.9 Å². The van der Waals surface area contributed by atoms with Crippen LogP contribution >= 0.6 is 0 Å². The molecule has 3 fully saturated rings. The number of carbonyl (C=O) groups is 2. The highest BCUT2D eigenvalue weighted by Crippen LogP contribution is 2.36.